The summed E-state index contributed by atoms with van der Waals surface area (Å²) < 4.78 is 7.43. The number of carbonyl (C=O) groups excluding carboxylic acids is 1. The number of carbonyl (C=O) groups is 1. The third-order valence-electron chi connectivity index (χ3n) is 5.57. The second kappa shape index (κ2) is 10.3. The molecule has 3 rings (SSSR count). The zero-order valence-corrected chi connectivity index (χ0v) is 19.5. The minimum Gasteiger partial charge on any atom is -0.497 e. The number of hydrogen-bond donors (Lipinski definition) is 2. The smallest absolute Gasteiger partial charge is 0.233 e. The summed E-state index contributed by atoms with van der Waals surface area (Å²) in [6.07, 6.45) is 3.82. The summed E-state index contributed by atoms with van der Waals surface area (Å²) in [5.74, 6) is 1.76. The third kappa shape index (κ3) is 5.35. The molecule has 0 spiro atoms. The largest absolute Gasteiger partial charge is 0.497 e. The lowest BCUT2D eigenvalue weighted by atomic mass is 10.1. The van der Waals surface area contributed by atoms with E-state index >= 15 is 0 Å². The first-order valence-corrected chi connectivity index (χ1v) is 11.7. The molecule has 1 fully saturated rings. The first-order chi connectivity index (χ1) is 14.4. The molecule has 7 nitrogen and oxygen atoms in total. The van der Waals surface area contributed by atoms with Crippen LogP contribution in [0.3, 0.4) is 0 Å². The van der Waals surface area contributed by atoms with Gasteiger partial charge in [-0.1, -0.05) is 11.8 Å². The Kier molecular flexibility index (Phi) is 7.77. The highest BCUT2D eigenvalue weighted by Gasteiger charge is 2.29. The lowest BCUT2D eigenvalue weighted by Gasteiger charge is -2.29. The number of nitrogens with zero attached hydrogens (tertiary/aromatic N) is 3. The molecule has 1 amide bonds. The van der Waals surface area contributed by atoms with Crippen molar-refractivity contribution in [1.29, 1.82) is 0 Å². The number of hydrogen-bond acceptors (Lipinski definition) is 5. The van der Waals surface area contributed by atoms with E-state index in [1.807, 2.05) is 45.0 Å². The van der Waals surface area contributed by atoms with Gasteiger partial charge >= 0.3 is 0 Å². The molecule has 2 N–H and O–H groups in total. The minimum absolute atomic E-state index is 0.00975. The monoisotopic (exact) mass is 432 g/mol. The first-order valence-electron chi connectivity index (χ1n) is 10.8. The van der Waals surface area contributed by atoms with Crippen LogP contribution in [0.4, 0.5) is 0 Å². The van der Waals surface area contributed by atoms with Crippen LogP contribution in [0.15, 0.2) is 29.4 Å². The number of aromatic nitrogens is 3. The molecule has 2 atom stereocenters. The van der Waals surface area contributed by atoms with Crippen LogP contribution in [0, 0.1) is 0 Å². The average Bonchev–Trinajstić information content (AvgIpc) is 3.16. The van der Waals surface area contributed by atoms with Crippen LogP contribution in [0.1, 0.15) is 58.8 Å². The topological polar surface area (TPSA) is 73.5 Å². The van der Waals surface area contributed by atoms with Gasteiger partial charge in [0.15, 0.2) is 11.0 Å². The quantitative estimate of drug-likeness (QED) is 0.627. The van der Waals surface area contributed by atoms with E-state index in [0.717, 1.165) is 35.5 Å². The Morgan fingerprint density at radius 2 is 1.77 bits per heavy atom. The van der Waals surface area contributed by atoms with E-state index in [4.69, 9.17) is 4.74 Å². The van der Waals surface area contributed by atoms with Crippen molar-refractivity contribution in [3.63, 3.8) is 0 Å². The number of rotatable bonds is 8. The van der Waals surface area contributed by atoms with E-state index in [1.54, 1.807) is 12.0 Å². The van der Waals surface area contributed by atoms with E-state index in [9.17, 15) is 4.79 Å². The number of nitrogens with one attached hydrogen (secondary N) is 2. The van der Waals surface area contributed by atoms with E-state index in [2.05, 4.69) is 27.0 Å². The third-order valence-corrected chi connectivity index (χ3v) is 6.61. The molecule has 1 aliphatic heterocycles. The summed E-state index contributed by atoms with van der Waals surface area (Å²) in [4.78, 5) is 14.0. The predicted molar refractivity (Wildman–Crippen MR) is 119 cm³/mol. The van der Waals surface area contributed by atoms with Crippen LogP contribution in [0.25, 0.3) is 5.69 Å². The van der Waals surface area contributed by atoms with Gasteiger partial charge in [0.1, 0.15) is 11.8 Å². The van der Waals surface area contributed by atoms with Crippen molar-refractivity contribution in [3.05, 3.63) is 30.1 Å². The summed E-state index contributed by atoms with van der Waals surface area (Å²) in [7, 11) is 1.66. The molecule has 0 saturated carbocycles. The van der Waals surface area contributed by atoms with E-state index in [0.29, 0.717) is 0 Å². The second-order valence-electron chi connectivity index (χ2n) is 8.24. The number of methoxy groups -OCH3 is 1. The maximum Gasteiger partial charge on any atom is 0.233 e. The number of ether oxygens (including phenoxy) is 1. The molecule has 1 aromatic carbocycles. The molecule has 0 radical (unpaired) electrons. The molecule has 1 aliphatic rings. The minimum atomic E-state index is -0.265. The Bertz CT molecular complexity index is 831. The Hall–Kier alpha value is -2.06. The lowest BCUT2D eigenvalue weighted by molar-refractivity contribution is -0.935. The van der Waals surface area contributed by atoms with E-state index in [-0.39, 0.29) is 23.2 Å². The number of thioether (sulfide) groups is 1. The number of quaternary nitrogens is 1. The zero-order chi connectivity index (χ0) is 21.7. The number of likely N-dealkylation sites (tertiary alicyclic amines) is 1. The Morgan fingerprint density at radius 1 is 1.10 bits per heavy atom. The predicted octanol–water partition coefficient (Wildman–Crippen LogP) is 2.41. The molecule has 0 unspecified atom stereocenters. The van der Waals surface area contributed by atoms with Crippen LogP contribution in [0.5, 0.6) is 5.75 Å². The number of amides is 1. The summed E-state index contributed by atoms with van der Waals surface area (Å²) in [6, 6.07) is 8.27. The maximum atomic E-state index is 12.5. The fourth-order valence-electron chi connectivity index (χ4n) is 3.85. The average molecular weight is 433 g/mol. The number of benzene rings is 1. The van der Waals surface area contributed by atoms with Gasteiger partial charge in [0.05, 0.1) is 25.4 Å². The van der Waals surface area contributed by atoms with Gasteiger partial charge in [0.2, 0.25) is 5.91 Å². The summed E-state index contributed by atoms with van der Waals surface area (Å²) in [5.41, 5.74) is 0.984. The van der Waals surface area contributed by atoms with Crippen molar-refractivity contribution in [2.24, 2.45) is 0 Å². The Balaban J connectivity index is 1.93. The van der Waals surface area contributed by atoms with Crippen LogP contribution in [-0.2, 0) is 4.79 Å². The molecule has 1 saturated heterocycles. The van der Waals surface area contributed by atoms with Gasteiger partial charge < -0.3 is 15.0 Å². The second-order valence-corrected chi connectivity index (χ2v) is 9.55. The molecule has 8 heteroatoms. The molecule has 2 aromatic rings. The normalized spacial score (nSPS) is 17.0. The molecule has 0 aliphatic carbocycles. The molecular weight excluding hydrogens is 398 g/mol. The van der Waals surface area contributed by atoms with Crippen molar-refractivity contribution in [3.8, 4) is 11.4 Å². The highest BCUT2D eigenvalue weighted by molar-refractivity contribution is 8.00. The zero-order valence-electron chi connectivity index (χ0n) is 18.6. The van der Waals surface area contributed by atoms with Crippen LogP contribution in [0.2, 0.25) is 0 Å². The molecule has 164 valence electrons. The molecular formula is C22H34N5O2S+. The van der Waals surface area contributed by atoms with Gasteiger partial charge in [0, 0.05) is 11.7 Å². The van der Waals surface area contributed by atoms with Crippen LogP contribution in [-0.4, -0.2) is 52.2 Å². The SMILES string of the molecule is COc1ccc(-n2c(S[C@H](C)C(=O)NC(C)C)nnc2[C@H](C)[NH+]2CCCCC2)cc1. The summed E-state index contributed by atoms with van der Waals surface area (Å²) in [6.45, 7) is 10.4. The van der Waals surface area contributed by atoms with Gasteiger partial charge in [-0.25, -0.2) is 0 Å². The van der Waals surface area contributed by atoms with Crippen molar-refractivity contribution in [2.45, 2.75) is 69.4 Å². The first kappa shape index (κ1) is 22.6. The van der Waals surface area contributed by atoms with Crippen molar-refractivity contribution >= 4 is 17.7 Å². The van der Waals surface area contributed by atoms with Gasteiger partial charge in [-0.2, -0.15) is 0 Å². The summed E-state index contributed by atoms with van der Waals surface area (Å²) >= 11 is 1.45. The highest BCUT2D eigenvalue weighted by atomic mass is 32.2. The van der Waals surface area contributed by atoms with Crippen molar-refractivity contribution in [2.75, 3.05) is 20.2 Å². The van der Waals surface area contributed by atoms with Crippen molar-refractivity contribution < 1.29 is 14.4 Å². The van der Waals surface area contributed by atoms with Gasteiger partial charge in [-0.3, -0.25) is 9.36 Å². The van der Waals surface area contributed by atoms with E-state index < -0.39 is 0 Å². The van der Waals surface area contributed by atoms with Gasteiger partial charge in [0.25, 0.3) is 0 Å². The summed E-state index contributed by atoms with van der Waals surface area (Å²) in [5, 5.41) is 12.6. The Labute approximate surface area is 183 Å². The van der Waals surface area contributed by atoms with Crippen LogP contribution >= 0.6 is 11.8 Å². The van der Waals surface area contributed by atoms with Gasteiger partial charge in [-0.15, -0.1) is 10.2 Å². The van der Waals surface area contributed by atoms with Crippen LogP contribution < -0.4 is 15.0 Å². The van der Waals surface area contributed by atoms with Gasteiger partial charge in [-0.05, 0) is 71.2 Å². The molecule has 0 bridgehead atoms. The Morgan fingerprint density at radius 3 is 2.37 bits per heavy atom. The molecule has 30 heavy (non-hydrogen) atoms. The fourth-order valence-corrected chi connectivity index (χ4v) is 4.73. The molecule has 1 aromatic heterocycles. The maximum absolute atomic E-state index is 12.5. The highest BCUT2D eigenvalue weighted by Crippen LogP contribution is 2.28. The lowest BCUT2D eigenvalue weighted by Crippen LogP contribution is -3.12. The van der Waals surface area contributed by atoms with E-state index in [1.165, 1.54) is 31.0 Å². The molecule has 2 heterocycles. The number of piperidine rings is 1. The standard InChI is InChI=1S/C22H33N5O2S/c1-15(2)23-21(28)17(4)30-22-25-24-20(16(3)26-13-7-6-8-14-26)27(22)18-9-11-19(29-5)12-10-18/h9-12,15-17H,6-8,13-14H2,1-5H3,(H,23,28)/p+1/t16-,17+/m0/s1. The fraction of sp³-hybridized carbons (Fsp3) is 0.591. The van der Waals surface area contributed by atoms with Crippen molar-refractivity contribution in [1.82, 2.24) is 20.1 Å².